The summed E-state index contributed by atoms with van der Waals surface area (Å²) in [6.07, 6.45) is 2.29. The first-order chi connectivity index (χ1) is 18.2. The van der Waals surface area contributed by atoms with Crippen LogP contribution in [-0.4, -0.2) is 52.0 Å². The van der Waals surface area contributed by atoms with Gasteiger partial charge in [0.15, 0.2) is 0 Å². The predicted molar refractivity (Wildman–Crippen MR) is 161 cm³/mol. The van der Waals surface area contributed by atoms with E-state index in [1.807, 2.05) is 89.4 Å². The number of thioether (sulfide) groups is 1. The lowest BCUT2D eigenvalue weighted by Crippen LogP contribution is -2.59. The van der Waals surface area contributed by atoms with E-state index in [-0.39, 0.29) is 11.8 Å². The van der Waals surface area contributed by atoms with E-state index < -0.39 is 29.3 Å². The largest absolute Gasteiger partial charge is 0.444 e. The Morgan fingerprint density at radius 3 is 2.23 bits per heavy atom. The van der Waals surface area contributed by atoms with Crippen LogP contribution in [0.4, 0.5) is 10.5 Å². The summed E-state index contributed by atoms with van der Waals surface area (Å²) in [5.41, 5.74) is 1.88. The number of carbonyl (C=O) groups excluding carboxylic acids is 3. The molecule has 2 unspecified atom stereocenters. The molecule has 0 saturated carbocycles. The van der Waals surface area contributed by atoms with Crippen LogP contribution in [0.2, 0.25) is 0 Å². The number of nitrogens with one attached hydrogen (secondary N) is 2. The van der Waals surface area contributed by atoms with Gasteiger partial charge in [-0.2, -0.15) is 11.8 Å². The van der Waals surface area contributed by atoms with Gasteiger partial charge in [0.2, 0.25) is 5.91 Å². The van der Waals surface area contributed by atoms with Crippen molar-refractivity contribution in [2.45, 2.75) is 91.5 Å². The summed E-state index contributed by atoms with van der Waals surface area (Å²) in [5, 5.41) is 5.87. The van der Waals surface area contributed by atoms with Crippen molar-refractivity contribution in [3.63, 3.8) is 0 Å². The van der Waals surface area contributed by atoms with Crippen LogP contribution in [0.1, 0.15) is 77.1 Å². The van der Waals surface area contributed by atoms with Crippen molar-refractivity contribution in [2.75, 3.05) is 17.3 Å². The molecule has 0 aliphatic carbocycles. The van der Waals surface area contributed by atoms with Gasteiger partial charge in [0.25, 0.3) is 5.91 Å². The van der Waals surface area contributed by atoms with Gasteiger partial charge >= 0.3 is 6.09 Å². The van der Waals surface area contributed by atoms with Gasteiger partial charge in [-0.15, -0.1) is 0 Å². The van der Waals surface area contributed by atoms with Crippen LogP contribution in [0.25, 0.3) is 0 Å². The fraction of sp³-hybridized carbons (Fsp3) is 0.516. The Morgan fingerprint density at radius 1 is 1.00 bits per heavy atom. The maximum absolute atomic E-state index is 14.4. The number of rotatable bonds is 11. The molecular weight excluding hydrogens is 510 g/mol. The maximum atomic E-state index is 14.4. The lowest BCUT2D eigenvalue weighted by molar-refractivity contribution is -0.147. The number of benzene rings is 2. The third-order valence-electron chi connectivity index (χ3n) is 6.62. The van der Waals surface area contributed by atoms with Gasteiger partial charge in [-0.1, -0.05) is 55.0 Å². The summed E-state index contributed by atoms with van der Waals surface area (Å²) >= 11 is 1.59. The monoisotopic (exact) mass is 555 g/mol. The standard InChI is InChI=1S/C31H45N3O4S/c1-10-31(7,8)34(28(36)25(18-19-39-9)33-29(37)38-30(4,5)6)26(23-16-13-14-21(2)20-23)27(35)32-24-17-12-11-15-22(24)3/h11-17,20,25-26H,10,18-19H2,1-9H3,(H,32,35)(H,33,37). The van der Waals surface area contributed by atoms with E-state index in [4.69, 9.17) is 4.74 Å². The fourth-order valence-corrected chi connectivity index (χ4v) is 4.70. The Hall–Kier alpha value is -3.00. The van der Waals surface area contributed by atoms with Crippen molar-refractivity contribution in [2.24, 2.45) is 0 Å². The van der Waals surface area contributed by atoms with E-state index >= 15 is 0 Å². The average Bonchev–Trinajstić information content (AvgIpc) is 2.84. The van der Waals surface area contributed by atoms with E-state index in [1.165, 1.54) is 0 Å². The highest BCUT2D eigenvalue weighted by molar-refractivity contribution is 7.98. The van der Waals surface area contributed by atoms with Gasteiger partial charge in [-0.25, -0.2) is 4.79 Å². The number of ether oxygens (including phenoxy) is 1. The van der Waals surface area contributed by atoms with Crippen LogP contribution in [0, 0.1) is 13.8 Å². The van der Waals surface area contributed by atoms with Gasteiger partial charge in [0, 0.05) is 11.2 Å². The SMILES string of the molecule is CCC(C)(C)N(C(=O)C(CCSC)NC(=O)OC(C)(C)C)C(C(=O)Nc1ccccc1C)c1cccc(C)c1. The van der Waals surface area contributed by atoms with Crippen molar-refractivity contribution >= 4 is 35.4 Å². The van der Waals surface area contributed by atoms with Crippen molar-refractivity contribution in [3.8, 4) is 0 Å². The predicted octanol–water partition coefficient (Wildman–Crippen LogP) is 6.65. The number of aryl methyl sites for hydroxylation is 2. The molecule has 2 rings (SSSR count). The Morgan fingerprint density at radius 2 is 1.67 bits per heavy atom. The molecule has 2 aromatic rings. The first-order valence-corrected chi connectivity index (χ1v) is 14.8. The lowest BCUT2D eigenvalue weighted by Gasteiger charge is -2.44. The van der Waals surface area contributed by atoms with E-state index in [0.717, 1.165) is 11.1 Å². The molecule has 39 heavy (non-hydrogen) atoms. The highest BCUT2D eigenvalue weighted by atomic mass is 32.2. The Balaban J connectivity index is 2.63. The number of hydrogen-bond acceptors (Lipinski definition) is 5. The van der Waals surface area contributed by atoms with E-state index in [1.54, 1.807) is 37.4 Å². The first-order valence-electron chi connectivity index (χ1n) is 13.4. The molecule has 3 amide bonds. The van der Waals surface area contributed by atoms with Crippen LogP contribution >= 0.6 is 11.8 Å². The summed E-state index contributed by atoms with van der Waals surface area (Å²) in [6.45, 7) is 15.1. The third kappa shape index (κ3) is 9.31. The Kier molecular flexibility index (Phi) is 11.5. The van der Waals surface area contributed by atoms with Crippen molar-refractivity contribution in [1.82, 2.24) is 10.2 Å². The molecule has 0 aromatic heterocycles. The summed E-state index contributed by atoms with van der Waals surface area (Å²) in [5.74, 6) is 0.00997. The molecule has 0 aliphatic heterocycles. The molecule has 2 N–H and O–H groups in total. The molecule has 7 nitrogen and oxygen atoms in total. The lowest BCUT2D eigenvalue weighted by atomic mass is 9.91. The highest BCUT2D eigenvalue weighted by Gasteiger charge is 2.43. The molecule has 0 aliphatic rings. The molecule has 2 aromatic carbocycles. The van der Waals surface area contributed by atoms with Gasteiger partial charge in [-0.3, -0.25) is 9.59 Å². The number of alkyl carbamates (subject to hydrolysis) is 1. The molecule has 2 atom stereocenters. The summed E-state index contributed by atoms with van der Waals surface area (Å²) in [6, 6.07) is 13.4. The zero-order valence-corrected chi connectivity index (χ0v) is 25.7. The minimum Gasteiger partial charge on any atom is -0.444 e. The number of para-hydroxylation sites is 1. The number of amides is 3. The minimum atomic E-state index is -0.927. The molecule has 214 valence electrons. The molecule has 0 bridgehead atoms. The van der Waals surface area contributed by atoms with Crippen LogP contribution in [0.5, 0.6) is 0 Å². The van der Waals surface area contributed by atoms with Crippen molar-refractivity contribution in [3.05, 3.63) is 65.2 Å². The summed E-state index contributed by atoms with van der Waals surface area (Å²) < 4.78 is 5.48. The second kappa shape index (κ2) is 13.9. The van der Waals surface area contributed by atoms with E-state index in [2.05, 4.69) is 10.6 Å². The first kappa shape index (κ1) is 32.2. The molecule has 0 saturated heterocycles. The minimum absolute atomic E-state index is 0.314. The van der Waals surface area contributed by atoms with E-state index in [0.29, 0.717) is 29.8 Å². The van der Waals surface area contributed by atoms with Crippen molar-refractivity contribution in [1.29, 1.82) is 0 Å². The number of carbonyl (C=O) groups is 3. The third-order valence-corrected chi connectivity index (χ3v) is 7.27. The maximum Gasteiger partial charge on any atom is 0.408 e. The van der Waals surface area contributed by atoms with Crippen LogP contribution in [-0.2, 0) is 14.3 Å². The number of anilines is 1. The number of hydrogen-bond donors (Lipinski definition) is 2. The Bertz CT molecular complexity index is 1140. The van der Waals surface area contributed by atoms with Gasteiger partial charge in [-0.05, 0) is 90.5 Å². The second-order valence-electron chi connectivity index (χ2n) is 11.5. The van der Waals surface area contributed by atoms with Crippen LogP contribution < -0.4 is 10.6 Å². The molecule has 0 heterocycles. The zero-order valence-electron chi connectivity index (χ0n) is 24.9. The van der Waals surface area contributed by atoms with Gasteiger partial charge in [0.05, 0.1) is 0 Å². The highest BCUT2D eigenvalue weighted by Crippen LogP contribution is 2.34. The summed E-state index contributed by atoms with van der Waals surface area (Å²) in [4.78, 5) is 43.0. The fourth-order valence-electron chi connectivity index (χ4n) is 4.23. The molecule has 8 heteroatoms. The van der Waals surface area contributed by atoms with E-state index in [9.17, 15) is 14.4 Å². The molecular formula is C31H45N3O4S. The quantitative estimate of drug-likeness (QED) is 0.324. The molecule has 0 spiro atoms. The normalized spacial score (nSPS) is 13.3. The van der Waals surface area contributed by atoms with Crippen LogP contribution in [0.3, 0.4) is 0 Å². The smallest absolute Gasteiger partial charge is 0.408 e. The molecule has 0 fully saturated rings. The number of nitrogens with zero attached hydrogens (tertiary/aromatic N) is 1. The molecule has 0 radical (unpaired) electrons. The second-order valence-corrected chi connectivity index (χ2v) is 12.5. The Labute approximate surface area is 238 Å². The summed E-state index contributed by atoms with van der Waals surface area (Å²) in [7, 11) is 0. The van der Waals surface area contributed by atoms with Crippen LogP contribution in [0.15, 0.2) is 48.5 Å². The average molecular weight is 556 g/mol. The zero-order chi connectivity index (χ0) is 29.4. The van der Waals surface area contributed by atoms with Crippen molar-refractivity contribution < 1.29 is 19.1 Å². The van der Waals surface area contributed by atoms with Gasteiger partial charge < -0.3 is 20.3 Å². The topological polar surface area (TPSA) is 87.7 Å². The van der Waals surface area contributed by atoms with Gasteiger partial charge in [0.1, 0.15) is 17.7 Å².